The van der Waals surface area contributed by atoms with E-state index in [-0.39, 0.29) is 0 Å². The van der Waals surface area contributed by atoms with Gasteiger partial charge in [0.25, 0.3) is 0 Å². The summed E-state index contributed by atoms with van der Waals surface area (Å²) in [5.74, 6) is 0. The van der Waals surface area contributed by atoms with E-state index in [2.05, 4.69) is 193 Å². The minimum absolute atomic E-state index is 0.621. The first kappa shape index (κ1) is 32.0. The third-order valence-electron chi connectivity index (χ3n) is 11.1. The van der Waals surface area contributed by atoms with Crippen molar-refractivity contribution in [3.8, 4) is 66.9 Å². The maximum Gasteiger partial charge on any atom is 0.227 e. The van der Waals surface area contributed by atoms with Gasteiger partial charge >= 0.3 is 0 Å². The van der Waals surface area contributed by atoms with Crippen LogP contribution in [0.5, 0.6) is 0 Å². The van der Waals surface area contributed by atoms with E-state index in [9.17, 15) is 0 Å². The fourth-order valence-electron chi connectivity index (χ4n) is 8.46. The van der Waals surface area contributed by atoms with Crippen LogP contribution >= 0.6 is 0 Å². The molecule has 262 valence electrons. The lowest BCUT2D eigenvalue weighted by molar-refractivity contribution is 0.655. The van der Waals surface area contributed by atoms with Crippen LogP contribution in [-0.2, 0) is 0 Å². The van der Waals surface area contributed by atoms with Crippen LogP contribution in [0.15, 0.2) is 211 Å². The predicted octanol–water partition coefficient (Wildman–Crippen LogP) is 14.8. The first-order valence-electron chi connectivity index (χ1n) is 19.0. The van der Waals surface area contributed by atoms with Crippen LogP contribution in [0.4, 0.5) is 17.1 Å². The van der Waals surface area contributed by atoms with Crippen LogP contribution in [0.1, 0.15) is 0 Å². The molecule has 11 rings (SSSR count). The molecule has 0 unspecified atom stereocenters. The van der Waals surface area contributed by atoms with Crippen molar-refractivity contribution in [3.63, 3.8) is 0 Å². The van der Waals surface area contributed by atoms with Crippen LogP contribution < -0.4 is 4.90 Å². The van der Waals surface area contributed by atoms with E-state index in [1.54, 1.807) is 0 Å². The summed E-state index contributed by atoms with van der Waals surface area (Å²) in [4.78, 5) is 7.36. The van der Waals surface area contributed by atoms with Crippen molar-refractivity contribution in [1.82, 2.24) is 4.98 Å². The van der Waals surface area contributed by atoms with Crippen LogP contribution in [0.25, 0.3) is 89.0 Å². The van der Waals surface area contributed by atoms with Gasteiger partial charge in [-0.1, -0.05) is 164 Å². The zero-order valence-corrected chi connectivity index (χ0v) is 30.4. The lowest BCUT2D eigenvalue weighted by Gasteiger charge is -2.28. The van der Waals surface area contributed by atoms with Gasteiger partial charge in [-0.25, -0.2) is 4.98 Å². The normalized spacial score (nSPS) is 11.6. The maximum atomic E-state index is 6.80. The number of anilines is 3. The molecular weight excluding hydrogens is 681 g/mol. The van der Waals surface area contributed by atoms with Crippen molar-refractivity contribution in [2.45, 2.75) is 0 Å². The lowest BCUT2D eigenvalue weighted by atomic mass is 9.81. The molecule has 2 aromatic heterocycles. The lowest BCUT2D eigenvalue weighted by Crippen LogP contribution is -2.11. The number of benzene rings is 8. The number of hydrogen-bond donors (Lipinski definition) is 0. The third-order valence-corrected chi connectivity index (χ3v) is 11.1. The molecule has 0 amide bonds. The molecule has 8 aromatic carbocycles. The summed E-state index contributed by atoms with van der Waals surface area (Å²) in [6.07, 6.45) is 0. The second kappa shape index (κ2) is 13.1. The molecule has 0 fully saturated rings. The van der Waals surface area contributed by atoms with E-state index in [4.69, 9.17) is 9.40 Å². The van der Waals surface area contributed by atoms with Crippen LogP contribution in [-0.4, -0.2) is 4.98 Å². The maximum absolute atomic E-state index is 6.80. The Labute approximate surface area is 325 Å². The van der Waals surface area contributed by atoms with Gasteiger partial charge in [-0.15, -0.1) is 0 Å². The van der Waals surface area contributed by atoms with E-state index in [1.165, 1.54) is 50.1 Å². The Morgan fingerprint density at radius 1 is 0.339 bits per heavy atom. The second-order valence-corrected chi connectivity index (χ2v) is 14.3. The minimum Gasteiger partial charge on any atom is -0.435 e. The summed E-state index contributed by atoms with van der Waals surface area (Å²) >= 11 is 0. The van der Waals surface area contributed by atoms with Crippen LogP contribution in [0.2, 0.25) is 0 Å². The number of furan rings is 1. The van der Waals surface area contributed by atoms with E-state index < -0.39 is 0 Å². The largest absolute Gasteiger partial charge is 0.435 e. The molecular formula is C53H34N2O. The fraction of sp³-hybridized carbons (Fsp3) is 0. The number of aromatic nitrogens is 1. The summed E-state index contributed by atoms with van der Waals surface area (Å²) in [6.45, 7) is 0. The number of nitrogens with zero attached hydrogens (tertiary/aromatic N) is 2. The highest BCUT2D eigenvalue weighted by Gasteiger charge is 2.25. The average Bonchev–Trinajstić information content (AvgIpc) is 3.66. The van der Waals surface area contributed by atoms with Gasteiger partial charge < -0.3 is 9.32 Å². The van der Waals surface area contributed by atoms with E-state index in [1.807, 2.05) is 18.2 Å². The topological polar surface area (TPSA) is 29.3 Å². The van der Waals surface area contributed by atoms with E-state index >= 15 is 0 Å². The molecule has 0 saturated heterocycles. The Morgan fingerprint density at radius 2 is 0.839 bits per heavy atom. The molecule has 3 nitrogen and oxygen atoms in total. The number of hydrogen-bond acceptors (Lipinski definition) is 3. The van der Waals surface area contributed by atoms with Gasteiger partial charge in [-0.2, -0.15) is 0 Å². The van der Waals surface area contributed by atoms with Crippen molar-refractivity contribution in [2.75, 3.05) is 4.90 Å². The first-order chi connectivity index (χ1) is 27.8. The predicted molar refractivity (Wildman–Crippen MR) is 232 cm³/mol. The standard InChI is InChI=1S/C53H34N2O/c1-3-14-35(15-4-1)36-26-28-38(29-27-36)55(51-25-13-24-47-48-32-33-50(37-16-5-2-6-17-37)54-53(48)56-52(47)51)39-30-31-46-44-22-10-9-20-42(44)40-18-7-8-19-41(40)43-21-11-12-23-45(43)49(46)34-39/h1-34H. The Bertz CT molecular complexity index is 3070. The highest BCUT2D eigenvalue weighted by Crippen LogP contribution is 2.50. The molecule has 10 aromatic rings. The van der Waals surface area contributed by atoms with Crippen molar-refractivity contribution in [2.24, 2.45) is 0 Å². The van der Waals surface area contributed by atoms with E-state index in [0.29, 0.717) is 5.71 Å². The molecule has 3 heteroatoms. The summed E-state index contributed by atoms with van der Waals surface area (Å²) in [7, 11) is 0. The smallest absolute Gasteiger partial charge is 0.227 e. The summed E-state index contributed by atoms with van der Waals surface area (Å²) in [5, 5.41) is 2.01. The summed E-state index contributed by atoms with van der Waals surface area (Å²) in [5.41, 5.74) is 18.4. The number of fused-ring (bicyclic) bond motifs is 11. The molecule has 56 heavy (non-hydrogen) atoms. The van der Waals surface area contributed by atoms with Crippen molar-refractivity contribution < 1.29 is 4.42 Å². The van der Waals surface area contributed by atoms with Gasteiger partial charge in [-0.3, -0.25) is 0 Å². The Kier molecular flexibility index (Phi) is 7.49. The molecule has 0 atom stereocenters. The van der Waals surface area contributed by atoms with Crippen molar-refractivity contribution in [3.05, 3.63) is 206 Å². The van der Waals surface area contributed by atoms with Gasteiger partial charge in [0.2, 0.25) is 5.71 Å². The SMILES string of the molecule is c1ccc(-c2ccc(N(c3ccc4c(c3)-c3ccccc3-c3ccccc3-c3ccccc3-4)c3cccc4c3oc3nc(-c5ccccc5)ccc34)cc2)cc1. The van der Waals surface area contributed by atoms with Gasteiger partial charge in [0.05, 0.1) is 11.4 Å². The fourth-order valence-corrected chi connectivity index (χ4v) is 8.46. The molecule has 0 aliphatic heterocycles. The van der Waals surface area contributed by atoms with Crippen LogP contribution in [0, 0.1) is 0 Å². The summed E-state index contributed by atoms with van der Waals surface area (Å²) < 4.78 is 6.80. The molecule has 0 radical (unpaired) electrons. The number of pyridine rings is 1. The molecule has 0 spiro atoms. The Morgan fingerprint density at radius 3 is 1.45 bits per heavy atom. The molecule has 1 aliphatic rings. The van der Waals surface area contributed by atoms with Crippen molar-refractivity contribution in [1.29, 1.82) is 0 Å². The Hall–Kier alpha value is -7.49. The molecule has 1 aliphatic carbocycles. The highest BCUT2D eigenvalue weighted by atomic mass is 16.3. The van der Waals surface area contributed by atoms with Crippen molar-refractivity contribution >= 4 is 39.1 Å². The molecule has 2 heterocycles. The van der Waals surface area contributed by atoms with Crippen LogP contribution in [0.3, 0.4) is 0 Å². The number of rotatable bonds is 5. The molecule has 0 N–H and O–H groups in total. The van der Waals surface area contributed by atoms with E-state index in [0.717, 1.165) is 50.2 Å². The van der Waals surface area contributed by atoms with Gasteiger partial charge in [0.1, 0.15) is 0 Å². The minimum atomic E-state index is 0.621. The van der Waals surface area contributed by atoms with Gasteiger partial charge in [-0.05, 0) is 98.1 Å². The first-order valence-corrected chi connectivity index (χ1v) is 19.0. The van der Waals surface area contributed by atoms with Gasteiger partial charge in [0.15, 0.2) is 5.58 Å². The molecule has 0 bridgehead atoms. The number of para-hydroxylation sites is 1. The second-order valence-electron chi connectivity index (χ2n) is 14.3. The van der Waals surface area contributed by atoms with Gasteiger partial charge in [0, 0.05) is 27.7 Å². The summed E-state index contributed by atoms with van der Waals surface area (Å²) in [6, 6.07) is 73.6. The molecule has 0 saturated carbocycles. The highest BCUT2D eigenvalue weighted by molar-refractivity contribution is 6.10. The average molecular weight is 715 g/mol. The zero-order chi connectivity index (χ0) is 37.0. The third kappa shape index (κ3) is 5.25. The Balaban J connectivity index is 1.15. The zero-order valence-electron chi connectivity index (χ0n) is 30.4. The quantitative estimate of drug-likeness (QED) is 0.178. The monoisotopic (exact) mass is 714 g/mol.